The molecule has 3 nitrogen and oxygen atoms in total. The van der Waals surface area contributed by atoms with Crippen molar-refractivity contribution in [3.8, 4) is 0 Å². The van der Waals surface area contributed by atoms with E-state index in [-0.39, 0.29) is 5.69 Å². The van der Waals surface area contributed by atoms with Crippen LogP contribution >= 0.6 is 12.2 Å². The van der Waals surface area contributed by atoms with Crippen LogP contribution in [-0.2, 0) is 9.84 Å². The van der Waals surface area contributed by atoms with Crippen molar-refractivity contribution in [1.29, 1.82) is 0 Å². The highest BCUT2D eigenvalue weighted by Crippen LogP contribution is 2.31. The third-order valence-electron chi connectivity index (χ3n) is 1.72. The summed E-state index contributed by atoms with van der Waals surface area (Å²) in [5.74, 6) is 0. The first kappa shape index (κ1) is 13.8. The summed E-state index contributed by atoms with van der Waals surface area (Å²) < 4.78 is 58.9. The third-order valence-corrected chi connectivity index (χ3v) is 3.32. The maximum atomic E-state index is 12.3. The predicted molar refractivity (Wildman–Crippen MR) is 61.5 cm³/mol. The van der Waals surface area contributed by atoms with E-state index in [1.807, 2.05) is 0 Å². The van der Waals surface area contributed by atoms with Gasteiger partial charge >= 0.3 is 5.51 Å². The van der Waals surface area contributed by atoms with E-state index in [4.69, 9.17) is 0 Å². The highest BCUT2D eigenvalue weighted by Gasteiger charge is 2.46. The van der Waals surface area contributed by atoms with Crippen LogP contribution in [0.4, 0.5) is 18.9 Å². The Bertz CT molecular complexity index is 550. The summed E-state index contributed by atoms with van der Waals surface area (Å²) in [4.78, 5) is 2.82. The molecule has 92 valence electrons. The second kappa shape index (κ2) is 4.92. The number of alkyl halides is 3. The minimum absolute atomic E-state index is 0.0800. The first-order valence-corrected chi connectivity index (χ1v) is 6.14. The van der Waals surface area contributed by atoms with E-state index >= 15 is 0 Å². The van der Waals surface area contributed by atoms with Gasteiger partial charge in [0.15, 0.2) is 0 Å². The quantitative estimate of drug-likeness (QED) is 0.632. The number of thiocarbonyl (C=S) groups is 1. The number of benzene rings is 1. The van der Waals surface area contributed by atoms with E-state index in [0.717, 1.165) is 17.5 Å². The Morgan fingerprint density at radius 2 is 1.94 bits per heavy atom. The number of nitrogens with zero attached hydrogens (tertiary/aromatic N) is 1. The number of sulfone groups is 1. The van der Waals surface area contributed by atoms with Crippen LogP contribution in [0, 0.1) is 0 Å². The lowest BCUT2D eigenvalue weighted by Gasteiger charge is -2.07. The standard InChI is InChI=1S/C9H6F3NO2S2/c10-9(11,12)17(14,15)8-3-1-2-7(6-8)13-4-5-16/h1-6H. The van der Waals surface area contributed by atoms with Gasteiger partial charge in [-0.05, 0) is 18.2 Å². The molecule has 1 aromatic rings. The Morgan fingerprint density at radius 3 is 2.47 bits per heavy atom. The van der Waals surface area contributed by atoms with Crippen molar-refractivity contribution in [2.45, 2.75) is 10.4 Å². The lowest BCUT2D eigenvalue weighted by Crippen LogP contribution is -2.23. The highest BCUT2D eigenvalue weighted by atomic mass is 32.2. The van der Waals surface area contributed by atoms with Gasteiger partial charge in [-0.3, -0.25) is 4.99 Å². The summed E-state index contributed by atoms with van der Waals surface area (Å²) in [6.07, 6.45) is 1.18. The van der Waals surface area contributed by atoms with Crippen LogP contribution in [0.1, 0.15) is 0 Å². The van der Waals surface area contributed by atoms with Crippen LogP contribution in [0.2, 0.25) is 0 Å². The number of hydrogen-bond donors (Lipinski definition) is 0. The topological polar surface area (TPSA) is 46.5 Å². The molecule has 0 fully saturated rings. The molecule has 0 radical (unpaired) electrons. The van der Waals surface area contributed by atoms with Gasteiger partial charge < -0.3 is 0 Å². The van der Waals surface area contributed by atoms with Gasteiger partial charge in [-0.15, -0.1) is 0 Å². The maximum Gasteiger partial charge on any atom is 0.501 e. The van der Waals surface area contributed by atoms with Crippen molar-refractivity contribution in [2.24, 2.45) is 4.99 Å². The lowest BCUT2D eigenvalue weighted by atomic mass is 10.3. The largest absolute Gasteiger partial charge is 0.501 e. The Morgan fingerprint density at radius 1 is 1.29 bits per heavy atom. The number of rotatable bonds is 3. The molecule has 0 spiro atoms. The Hall–Kier alpha value is -1.28. The molecule has 0 aliphatic carbocycles. The van der Waals surface area contributed by atoms with Gasteiger partial charge in [0, 0.05) is 11.6 Å². The van der Waals surface area contributed by atoms with Crippen LogP contribution in [0.25, 0.3) is 0 Å². The molecule has 8 heteroatoms. The van der Waals surface area contributed by atoms with E-state index in [0.29, 0.717) is 0 Å². The van der Waals surface area contributed by atoms with Gasteiger partial charge in [-0.25, -0.2) is 8.42 Å². The van der Waals surface area contributed by atoms with Crippen molar-refractivity contribution in [1.82, 2.24) is 0 Å². The molecule has 0 aromatic heterocycles. The van der Waals surface area contributed by atoms with Gasteiger partial charge in [0.25, 0.3) is 9.84 Å². The molecular formula is C9H6F3NO2S2. The second-order valence-electron chi connectivity index (χ2n) is 2.86. The maximum absolute atomic E-state index is 12.3. The fourth-order valence-corrected chi connectivity index (χ4v) is 1.84. The van der Waals surface area contributed by atoms with Crippen molar-refractivity contribution in [3.05, 3.63) is 24.3 Å². The molecule has 0 aliphatic rings. The molecule has 0 saturated heterocycles. The summed E-state index contributed by atoms with van der Waals surface area (Å²) in [6.45, 7) is 0. The number of halogens is 3. The van der Waals surface area contributed by atoms with E-state index in [2.05, 4.69) is 17.2 Å². The smallest absolute Gasteiger partial charge is 0.256 e. The third kappa shape index (κ3) is 3.10. The van der Waals surface area contributed by atoms with Gasteiger partial charge in [0.1, 0.15) is 0 Å². The Kier molecular flexibility index (Phi) is 3.99. The normalized spacial score (nSPS) is 12.9. The van der Waals surface area contributed by atoms with Gasteiger partial charge in [-0.2, -0.15) is 13.2 Å². The molecule has 17 heavy (non-hydrogen) atoms. The molecule has 0 bridgehead atoms. The molecule has 0 aliphatic heterocycles. The van der Waals surface area contributed by atoms with Crippen molar-refractivity contribution in [3.63, 3.8) is 0 Å². The van der Waals surface area contributed by atoms with E-state index in [1.165, 1.54) is 18.3 Å². The molecule has 0 amide bonds. The summed E-state index contributed by atoms with van der Waals surface area (Å²) in [5, 5.41) is 1.16. The first-order chi connectivity index (χ1) is 7.79. The van der Waals surface area contributed by atoms with Crippen LogP contribution in [0.15, 0.2) is 34.2 Å². The van der Waals surface area contributed by atoms with Crippen molar-refractivity contribution in [2.75, 3.05) is 0 Å². The van der Waals surface area contributed by atoms with Crippen molar-refractivity contribution >= 4 is 39.3 Å². The monoisotopic (exact) mass is 281 g/mol. The van der Waals surface area contributed by atoms with Gasteiger partial charge in [0.2, 0.25) is 0 Å². The number of aliphatic imine (C=N–C) groups is 1. The minimum atomic E-state index is -5.33. The predicted octanol–water partition coefficient (Wildman–Crippen LogP) is 2.68. The summed E-state index contributed by atoms with van der Waals surface area (Å²) in [7, 11) is -5.33. The van der Waals surface area contributed by atoms with E-state index in [9.17, 15) is 21.6 Å². The fourth-order valence-electron chi connectivity index (χ4n) is 0.981. The van der Waals surface area contributed by atoms with Crippen LogP contribution in [0.5, 0.6) is 0 Å². The molecule has 0 unspecified atom stereocenters. The molecule has 1 aromatic carbocycles. The zero-order chi connectivity index (χ0) is 13.1. The molecule has 0 atom stereocenters. The molecule has 0 N–H and O–H groups in total. The zero-order valence-corrected chi connectivity index (χ0v) is 9.81. The first-order valence-electron chi connectivity index (χ1n) is 4.18. The lowest BCUT2D eigenvalue weighted by molar-refractivity contribution is -0.0435. The van der Waals surface area contributed by atoms with Crippen LogP contribution in [-0.4, -0.2) is 25.5 Å². The Balaban J connectivity index is 3.26. The number of hydrogen-bond acceptors (Lipinski definition) is 4. The highest BCUT2D eigenvalue weighted by molar-refractivity contribution is 7.92. The minimum Gasteiger partial charge on any atom is -0.256 e. The van der Waals surface area contributed by atoms with Crippen molar-refractivity contribution < 1.29 is 21.6 Å². The second-order valence-corrected chi connectivity index (χ2v) is 5.07. The molecule has 1 rings (SSSR count). The van der Waals surface area contributed by atoms with Crippen LogP contribution < -0.4 is 0 Å². The summed E-state index contributed by atoms with van der Waals surface area (Å²) >= 11 is 4.44. The molecule has 0 saturated carbocycles. The average molecular weight is 281 g/mol. The Labute approximate surface area is 101 Å². The van der Waals surface area contributed by atoms with E-state index < -0.39 is 20.2 Å². The molecular weight excluding hydrogens is 275 g/mol. The zero-order valence-electron chi connectivity index (χ0n) is 8.18. The van der Waals surface area contributed by atoms with Crippen LogP contribution in [0.3, 0.4) is 0 Å². The summed E-state index contributed by atoms with van der Waals surface area (Å²) in [6, 6.07) is 4.23. The van der Waals surface area contributed by atoms with Gasteiger partial charge in [0.05, 0.1) is 10.6 Å². The average Bonchev–Trinajstić information content (AvgIpc) is 2.25. The molecule has 0 heterocycles. The SMILES string of the molecule is O=S(=O)(c1cccc(N=CC=S)c1)C(F)(F)F. The van der Waals surface area contributed by atoms with Gasteiger partial charge in [-0.1, -0.05) is 18.3 Å². The fraction of sp³-hybridized carbons (Fsp3) is 0.111. The summed E-state index contributed by atoms with van der Waals surface area (Å²) in [5.41, 5.74) is -5.24. The van der Waals surface area contributed by atoms with E-state index in [1.54, 1.807) is 0 Å².